The lowest BCUT2D eigenvalue weighted by Crippen LogP contribution is -2.37. The average molecular weight is 282 g/mol. The fraction of sp³-hybridized carbons (Fsp3) is 0.533. The van der Waals surface area contributed by atoms with Gasteiger partial charge in [-0.15, -0.1) is 0 Å². The maximum absolute atomic E-state index is 12.1. The van der Waals surface area contributed by atoms with Gasteiger partial charge < -0.3 is 10.0 Å². The maximum Gasteiger partial charge on any atom is 0.165 e. The first-order chi connectivity index (χ1) is 9.20. The van der Waals surface area contributed by atoms with Crippen molar-refractivity contribution >= 4 is 17.4 Å². The second-order valence-electron chi connectivity index (χ2n) is 5.14. The largest absolute Gasteiger partial charge is 0.396 e. The van der Waals surface area contributed by atoms with Gasteiger partial charge in [0.2, 0.25) is 0 Å². The van der Waals surface area contributed by atoms with Crippen LogP contribution in [0, 0.1) is 5.92 Å². The van der Waals surface area contributed by atoms with Crippen LogP contribution in [0.1, 0.15) is 29.6 Å². The molecule has 1 N–H and O–H groups in total. The molecule has 19 heavy (non-hydrogen) atoms. The van der Waals surface area contributed by atoms with Gasteiger partial charge in [0, 0.05) is 31.7 Å². The van der Waals surface area contributed by atoms with E-state index in [1.165, 1.54) is 0 Å². The summed E-state index contributed by atoms with van der Waals surface area (Å²) in [7, 11) is 0. The molecule has 0 bridgehead atoms. The van der Waals surface area contributed by atoms with Crippen LogP contribution in [0.3, 0.4) is 0 Å². The van der Waals surface area contributed by atoms with Crippen molar-refractivity contribution in [1.29, 1.82) is 0 Å². The van der Waals surface area contributed by atoms with Crippen LogP contribution in [-0.2, 0) is 0 Å². The van der Waals surface area contributed by atoms with Crippen LogP contribution in [-0.4, -0.2) is 42.0 Å². The van der Waals surface area contributed by atoms with Gasteiger partial charge >= 0.3 is 0 Å². The standard InChI is InChI=1S/C15H20ClNO2/c16-14-6-2-1-5-13(14)15(19)7-9-17-8-3-4-12(10-17)11-18/h1-2,5-6,12,18H,3-4,7-11H2. The molecular formula is C15H20ClNO2. The SMILES string of the molecule is O=C(CCN1CCCC(CO)C1)c1ccccc1Cl. The molecule has 0 amide bonds. The Morgan fingerprint density at radius 3 is 2.95 bits per heavy atom. The molecule has 1 aromatic carbocycles. The van der Waals surface area contributed by atoms with E-state index in [0.717, 1.165) is 32.5 Å². The number of carbonyl (C=O) groups excluding carboxylic acids is 1. The summed E-state index contributed by atoms with van der Waals surface area (Å²) in [6, 6.07) is 7.19. The molecule has 0 radical (unpaired) electrons. The summed E-state index contributed by atoms with van der Waals surface area (Å²) in [5.41, 5.74) is 0.611. The van der Waals surface area contributed by atoms with Gasteiger partial charge in [-0.05, 0) is 37.4 Å². The Balaban J connectivity index is 1.85. The molecule has 1 fully saturated rings. The number of nitrogens with zero attached hydrogens (tertiary/aromatic N) is 1. The minimum absolute atomic E-state index is 0.0942. The van der Waals surface area contributed by atoms with Gasteiger partial charge in [-0.2, -0.15) is 0 Å². The number of carbonyl (C=O) groups is 1. The predicted octanol–water partition coefficient (Wildman–Crippen LogP) is 2.62. The number of halogens is 1. The van der Waals surface area contributed by atoms with Crippen molar-refractivity contribution in [3.05, 3.63) is 34.9 Å². The monoisotopic (exact) mass is 281 g/mol. The molecule has 104 valence electrons. The fourth-order valence-electron chi connectivity index (χ4n) is 2.59. The highest BCUT2D eigenvalue weighted by Gasteiger charge is 2.20. The molecule has 1 aliphatic rings. The van der Waals surface area contributed by atoms with Gasteiger partial charge in [-0.3, -0.25) is 4.79 Å². The van der Waals surface area contributed by atoms with E-state index in [1.807, 2.05) is 12.1 Å². The number of benzene rings is 1. The number of Topliss-reactive ketones (excluding diaryl/α,β-unsaturated/α-hetero) is 1. The van der Waals surface area contributed by atoms with E-state index < -0.39 is 0 Å². The molecule has 4 heteroatoms. The van der Waals surface area contributed by atoms with Gasteiger partial charge in [-0.25, -0.2) is 0 Å². The fourth-order valence-corrected chi connectivity index (χ4v) is 2.83. The first-order valence-electron chi connectivity index (χ1n) is 6.81. The quantitative estimate of drug-likeness (QED) is 0.844. The first-order valence-corrected chi connectivity index (χ1v) is 7.19. The third-order valence-corrected chi connectivity index (χ3v) is 4.02. The van der Waals surface area contributed by atoms with Crippen molar-refractivity contribution in [3.63, 3.8) is 0 Å². The summed E-state index contributed by atoms with van der Waals surface area (Å²) in [4.78, 5) is 14.4. The summed E-state index contributed by atoms with van der Waals surface area (Å²) >= 11 is 6.02. The molecule has 1 atom stereocenters. The number of piperidine rings is 1. The molecule has 1 aromatic rings. The Kier molecular flexibility index (Phi) is 5.37. The van der Waals surface area contributed by atoms with Crippen LogP contribution in [0.25, 0.3) is 0 Å². The van der Waals surface area contributed by atoms with E-state index in [2.05, 4.69) is 4.90 Å². The van der Waals surface area contributed by atoms with Crippen molar-refractivity contribution in [1.82, 2.24) is 4.90 Å². The molecular weight excluding hydrogens is 262 g/mol. The molecule has 1 unspecified atom stereocenters. The zero-order valence-corrected chi connectivity index (χ0v) is 11.8. The topological polar surface area (TPSA) is 40.5 Å². The third kappa shape index (κ3) is 4.03. The number of likely N-dealkylation sites (tertiary alicyclic amines) is 1. The summed E-state index contributed by atoms with van der Waals surface area (Å²) in [5.74, 6) is 0.459. The van der Waals surface area contributed by atoms with Gasteiger partial charge in [0.25, 0.3) is 0 Å². The van der Waals surface area contributed by atoms with Crippen LogP contribution in [0.2, 0.25) is 5.02 Å². The minimum atomic E-state index is 0.0942. The van der Waals surface area contributed by atoms with Crippen molar-refractivity contribution in [2.45, 2.75) is 19.3 Å². The molecule has 0 aromatic heterocycles. The van der Waals surface area contributed by atoms with Crippen molar-refractivity contribution in [3.8, 4) is 0 Å². The van der Waals surface area contributed by atoms with E-state index >= 15 is 0 Å². The number of hydrogen-bond donors (Lipinski definition) is 1. The van der Waals surface area contributed by atoms with E-state index in [9.17, 15) is 9.90 Å². The summed E-state index contributed by atoms with van der Waals surface area (Å²) in [5, 5.41) is 9.72. The smallest absolute Gasteiger partial charge is 0.165 e. The number of hydrogen-bond acceptors (Lipinski definition) is 3. The van der Waals surface area contributed by atoms with Gasteiger partial charge in [0.05, 0.1) is 5.02 Å². The molecule has 1 aliphatic heterocycles. The Hall–Kier alpha value is -0.900. The van der Waals surface area contributed by atoms with E-state index in [-0.39, 0.29) is 12.4 Å². The predicted molar refractivity (Wildman–Crippen MR) is 76.6 cm³/mol. The normalized spacial score (nSPS) is 20.4. The number of aliphatic hydroxyl groups excluding tert-OH is 1. The Bertz CT molecular complexity index is 436. The van der Waals surface area contributed by atoms with Gasteiger partial charge in [-0.1, -0.05) is 23.7 Å². The van der Waals surface area contributed by atoms with Crippen LogP contribution in [0.15, 0.2) is 24.3 Å². The second-order valence-corrected chi connectivity index (χ2v) is 5.55. The zero-order chi connectivity index (χ0) is 13.7. The maximum atomic E-state index is 12.1. The third-order valence-electron chi connectivity index (χ3n) is 3.69. The van der Waals surface area contributed by atoms with Crippen molar-refractivity contribution in [2.24, 2.45) is 5.92 Å². The van der Waals surface area contributed by atoms with E-state index in [1.54, 1.807) is 12.1 Å². The van der Waals surface area contributed by atoms with Crippen LogP contribution < -0.4 is 0 Å². The average Bonchev–Trinajstić information content (AvgIpc) is 2.45. The van der Waals surface area contributed by atoms with E-state index in [0.29, 0.717) is 22.9 Å². The molecule has 0 spiro atoms. The summed E-state index contributed by atoms with van der Waals surface area (Å²) in [6.45, 7) is 2.91. The molecule has 3 nitrogen and oxygen atoms in total. The Morgan fingerprint density at radius 2 is 2.21 bits per heavy atom. The number of aliphatic hydroxyl groups is 1. The molecule has 0 aliphatic carbocycles. The first kappa shape index (κ1) is 14.5. The molecule has 0 saturated carbocycles. The molecule has 1 heterocycles. The lowest BCUT2D eigenvalue weighted by molar-refractivity contribution is 0.0917. The lowest BCUT2D eigenvalue weighted by Gasteiger charge is -2.31. The van der Waals surface area contributed by atoms with Crippen LogP contribution >= 0.6 is 11.6 Å². The number of ketones is 1. The summed E-state index contributed by atoms with van der Waals surface area (Å²) < 4.78 is 0. The zero-order valence-electron chi connectivity index (χ0n) is 11.0. The van der Waals surface area contributed by atoms with Gasteiger partial charge in [0.15, 0.2) is 5.78 Å². The highest BCUT2D eigenvalue weighted by atomic mass is 35.5. The number of rotatable bonds is 5. The van der Waals surface area contributed by atoms with E-state index in [4.69, 9.17) is 11.6 Å². The summed E-state index contributed by atoms with van der Waals surface area (Å²) in [6.07, 6.45) is 2.68. The highest BCUT2D eigenvalue weighted by Crippen LogP contribution is 2.19. The van der Waals surface area contributed by atoms with Crippen LogP contribution in [0.4, 0.5) is 0 Å². The lowest BCUT2D eigenvalue weighted by atomic mass is 9.98. The highest BCUT2D eigenvalue weighted by molar-refractivity contribution is 6.33. The van der Waals surface area contributed by atoms with Crippen molar-refractivity contribution in [2.75, 3.05) is 26.2 Å². The Labute approximate surface area is 119 Å². The molecule has 1 saturated heterocycles. The minimum Gasteiger partial charge on any atom is -0.396 e. The van der Waals surface area contributed by atoms with Crippen LogP contribution in [0.5, 0.6) is 0 Å². The molecule has 2 rings (SSSR count). The van der Waals surface area contributed by atoms with Gasteiger partial charge in [0.1, 0.15) is 0 Å². The second kappa shape index (κ2) is 7.04. The Morgan fingerprint density at radius 1 is 1.42 bits per heavy atom. The van der Waals surface area contributed by atoms with Crippen molar-refractivity contribution < 1.29 is 9.90 Å².